The summed E-state index contributed by atoms with van der Waals surface area (Å²) in [6, 6.07) is 9.22. The Morgan fingerprint density at radius 2 is 1.98 bits per heavy atom. The minimum atomic E-state index is -4.75. The average Bonchev–Trinajstić information content (AvgIpc) is 3.39. The maximum atomic E-state index is 13.9. The molecule has 0 aliphatic heterocycles. The number of fused-ring (bicyclic) bond motifs is 2. The third-order valence-electron chi connectivity index (χ3n) is 6.62. The van der Waals surface area contributed by atoms with E-state index in [9.17, 15) is 33.1 Å². The number of benzene rings is 2. The topological polar surface area (TPSA) is 121 Å². The molecule has 43 heavy (non-hydrogen) atoms. The van der Waals surface area contributed by atoms with E-state index >= 15 is 0 Å². The predicted molar refractivity (Wildman–Crippen MR) is 156 cm³/mol. The van der Waals surface area contributed by atoms with E-state index in [2.05, 4.69) is 9.97 Å². The summed E-state index contributed by atoms with van der Waals surface area (Å²) in [5.41, 5.74) is -0.968. The number of carboxylic acids is 1. The van der Waals surface area contributed by atoms with E-state index in [0.29, 0.717) is 32.1 Å². The van der Waals surface area contributed by atoms with Crippen LogP contribution in [0.2, 0.25) is 5.02 Å². The molecule has 0 spiro atoms. The Kier molecular flexibility index (Phi) is 8.11. The van der Waals surface area contributed by atoms with Gasteiger partial charge in [-0.3, -0.25) is 14.3 Å². The van der Waals surface area contributed by atoms with Crippen molar-refractivity contribution in [3.63, 3.8) is 0 Å². The highest BCUT2D eigenvalue weighted by Crippen LogP contribution is 2.40. The fourth-order valence-electron chi connectivity index (χ4n) is 4.76. The van der Waals surface area contributed by atoms with E-state index < -0.39 is 23.3 Å². The SMILES string of the molecule is CN(C)Cc1c(C(F)(F)F)cc2ncn(CCOc3ccc(Cl)cc3-c3ccnc4c(C(=O)O)csc34)c(=O)c2c1C#N. The molecule has 5 rings (SSSR count). The molecular formula is C29H21ClF3N5O4S. The van der Waals surface area contributed by atoms with Crippen molar-refractivity contribution in [2.75, 3.05) is 20.7 Å². The van der Waals surface area contributed by atoms with Crippen molar-refractivity contribution in [1.29, 1.82) is 5.26 Å². The van der Waals surface area contributed by atoms with Crippen LogP contribution in [0.3, 0.4) is 0 Å². The number of hydrogen-bond acceptors (Lipinski definition) is 8. The molecule has 9 nitrogen and oxygen atoms in total. The Balaban J connectivity index is 1.50. The zero-order chi connectivity index (χ0) is 31.1. The Hall–Kier alpha value is -4.51. The monoisotopic (exact) mass is 627 g/mol. The number of rotatable bonds is 8. The molecule has 0 aliphatic rings. The molecule has 0 bridgehead atoms. The Bertz CT molecular complexity index is 2000. The predicted octanol–water partition coefficient (Wildman–Crippen LogP) is 6.06. The fraction of sp³-hybridized carbons (Fsp3) is 0.207. The van der Waals surface area contributed by atoms with Crippen LogP contribution in [0.15, 0.2) is 53.0 Å². The quantitative estimate of drug-likeness (QED) is 0.221. The first-order chi connectivity index (χ1) is 20.4. The number of alkyl halides is 3. The molecule has 0 aliphatic carbocycles. The van der Waals surface area contributed by atoms with E-state index in [4.69, 9.17) is 16.3 Å². The first-order valence-corrected chi connectivity index (χ1v) is 13.9. The van der Waals surface area contributed by atoms with Crippen LogP contribution in [0.4, 0.5) is 13.2 Å². The summed E-state index contributed by atoms with van der Waals surface area (Å²) in [6.45, 7) is -0.286. The van der Waals surface area contributed by atoms with E-state index in [1.165, 1.54) is 32.4 Å². The number of ether oxygens (including phenoxy) is 1. The summed E-state index contributed by atoms with van der Waals surface area (Å²) < 4.78 is 49.4. The van der Waals surface area contributed by atoms with Gasteiger partial charge in [-0.2, -0.15) is 18.4 Å². The van der Waals surface area contributed by atoms with Crippen molar-refractivity contribution in [2.24, 2.45) is 0 Å². The second kappa shape index (κ2) is 11.6. The van der Waals surface area contributed by atoms with Crippen LogP contribution >= 0.6 is 22.9 Å². The van der Waals surface area contributed by atoms with Gasteiger partial charge in [0, 0.05) is 34.3 Å². The molecule has 5 aromatic rings. The van der Waals surface area contributed by atoms with Crippen molar-refractivity contribution in [2.45, 2.75) is 19.3 Å². The van der Waals surface area contributed by atoms with Crippen molar-refractivity contribution < 1.29 is 27.8 Å². The van der Waals surface area contributed by atoms with Crippen LogP contribution in [-0.4, -0.2) is 51.2 Å². The normalized spacial score (nSPS) is 11.8. The van der Waals surface area contributed by atoms with E-state index in [0.717, 1.165) is 12.4 Å². The number of nitriles is 1. The fourth-order valence-corrected chi connectivity index (χ4v) is 5.96. The molecule has 220 valence electrons. The van der Waals surface area contributed by atoms with E-state index in [1.54, 1.807) is 44.4 Å². The summed E-state index contributed by atoms with van der Waals surface area (Å²) >= 11 is 7.49. The van der Waals surface area contributed by atoms with Crippen molar-refractivity contribution in [3.05, 3.63) is 85.9 Å². The van der Waals surface area contributed by atoms with Crippen molar-refractivity contribution in [3.8, 4) is 22.9 Å². The molecule has 3 aromatic heterocycles. The first-order valence-electron chi connectivity index (χ1n) is 12.6. The second-order valence-electron chi connectivity index (χ2n) is 9.74. The number of pyridine rings is 1. The molecule has 0 radical (unpaired) electrons. The van der Waals surface area contributed by atoms with Gasteiger partial charge in [-0.05, 0) is 50.0 Å². The number of hydrogen-bond donors (Lipinski definition) is 1. The number of aromatic carboxylic acids is 1. The van der Waals surface area contributed by atoms with Crippen LogP contribution in [0.25, 0.3) is 32.2 Å². The second-order valence-corrected chi connectivity index (χ2v) is 11.1. The molecule has 14 heteroatoms. The molecule has 0 fully saturated rings. The number of thiophene rings is 1. The largest absolute Gasteiger partial charge is 0.491 e. The first kappa shape index (κ1) is 30.0. The van der Waals surface area contributed by atoms with Crippen LogP contribution in [0, 0.1) is 11.3 Å². The van der Waals surface area contributed by atoms with Gasteiger partial charge < -0.3 is 14.7 Å². The Morgan fingerprint density at radius 1 is 1.21 bits per heavy atom. The zero-order valence-electron chi connectivity index (χ0n) is 22.6. The van der Waals surface area contributed by atoms with Crippen molar-refractivity contribution >= 4 is 50.0 Å². The highest BCUT2D eigenvalue weighted by Gasteiger charge is 2.36. The van der Waals surface area contributed by atoms with Crippen LogP contribution in [-0.2, 0) is 19.3 Å². The standard InChI is InChI=1S/C29H21ClF3N5O4S/c1-37(2)12-19-18(11-34)24-22(10-21(19)29(31,32)33)36-14-38(27(24)39)7-8-42-23-4-3-15(30)9-17(23)16-5-6-35-25-20(28(40)41)13-43-26(16)25/h3-6,9-10,13-14H,7-8,12H2,1-2H3,(H,40,41). The van der Waals surface area contributed by atoms with E-state index in [-0.39, 0.29) is 47.3 Å². The van der Waals surface area contributed by atoms with Crippen molar-refractivity contribution in [1.82, 2.24) is 19.4 Å². The Labute approximate surface area is 251 Å². The molecule has 0 amide bonds. The lowest BCUT2D eigenvalue weighted by molar-refractivity contribution is -0.138. The van der Waals surface area contributed by atoms with Gasteiger partial charge in [0.15, 0.2) is 0 Å². The highest BCUT2D eigenvalue weighted by atomic mass is 35.5. The van der Waals surface area contributed by atoms with Gasteiger partial charge in [0.1, 0.15) is 18.4 Å². The van der Waals surface area contributed by atoms with Gasteiger partial charge >= 0.3 is 12.1 Å². The number of carbonyl (C=O) groups is 1. The van der Waals surface area contributed by atoms with Gasteiger partial charge in [-0.25, -0.2) is 9.78 Å². The number of aromatic nitrogens is 3. The molecule has 0 unspecified atom stereocenters. The van der Waals surface area contributed by atoms with Gasteiger partial charge in [0.05, 0.1) is 50.7 Å². The van der Waals surface area contributed by atoms with Gasteiger partial charge in [-0.1, -0.05) is 11.6 Å². The summed E-state index contributed by atoms with van der Waals surface area (Å²) in [4.78, 5) is 34.8. The lowest BCUT2D eigenvalue weighted by atomic mass is 9.96. The summed E-state index contributed by atoms with van der Waals surface area (Å²) in [5, 5.41) is 21.1. The smallest absolute Gasteiger partial charge is 0.416 e. The maximum absolute atomic E-state index is 13.9. The molecule has 0 saturated carbocycles. The van der Waals surface area contributed by atoms with Crippen LogP contribution in [0.1, 0.15) is 27.0 Å². The summed E-state index contributed by atoms with van der Waals surface area (Å²) in [7, 11) is 3.13. The minimum Gasteiger partial charge on any atom is -0.491 e. The number of halogens is 4. The number of carboxylic acid groups (broad SMARTS) is 1. The molecule has 1 N–H and O–H groups in total. The average molecular weight is 628 g/mol. The lowest BCUT2D eigenvalue weighted by Crippen LogP contribution is -2.26. The maximum Gasteiger partial charge on any atom is 0.416 e. The van der Waals surface area contributed by atoms with E-state index in [1.807, 2.05) is 0 Å². The van der Waals surface area contributed by atoms with Gasteiger partial charge in [0.2, 0.25) is 0 Å². The highest BCUT2D eigenvalue weighted by molar-refractivity contribution is 7.18. The molecular weight excluding hydrogens is 607 g/mol. The Morgan fingerprint density at radius 3 is 2.65 bits per heavy atom. The lowest BCUT2D eigenvalue weighted by Gasteiger charge is -2.19. The third-order valence-corrected chi connectivity index (χ3v) is 7.86. The van der Waals surface area contributed by atoms with Gasteiger partial charge in [-0.15, -0.1) is 11.3 Å². The molecule has 2 aromatic carbocycles. The van der Waals surface area contributed by atoms with Crippen LogP contribution < -0.4 is 10.3 Å². The summed E-state index contributed by atoms with van der Waals surface area (Å²) in [5.74, 6) is -0.708. The molecule has 0 saturated heterocycles. The summed E-state index contributed by atoms with van der Waals surface area (Å²) in [6.07, 6.45) is -2.14. The molecule has 0 atom stereocenters. The third kappa shape index (κ3) is 5.77. The minimum absolute atomic E-state index is 0.0351. The number of nitrogens with zero attached hydrogens (tertiary/aromatic N) is 5. The van der Waals surface area contributed by atoms with Gasteiger partial charge in [0.25, 0.3) is 5.56 Å². The molecule has 3 heterocycles. The zero-order valence-corrected chi connectivity index (χ0v) is 24.1. The van der Waals surface area contributed by atoms with Crippen LogP contribution in [0.5, 0.6) is 5.75 Å².